The fraction of sp³-hybridized carbons (Fsp3) is 0.533. The number of fused-ring (bicyclic) bond motifs is 1. The van der Waals surface area contributed by atoms with Crippen molar-refractivity contribution >= 4 is 21.6 Å². The van der Waals surface area contributed by atoms with Gasteiger partial charge < -0.3 is 5.11 Å². The molecule has 3 rings (SSSR count). The molecule has 0 amide bonds. The van der Waals surface area contributed by atoms with Gasteiger partial charge in [0.25, 0.3) is 0 Å². The van der Waals surface area contributed by atoms with Crippen LogP contribution in [-0.4, -0.2) is 21.9 Å². The number of nitrogens with zero attached hydrogens (tertiary/aromatic N) is 1. The van der Waals surface area contributed by atoms with Gasteiger partial charge in [-0.05, 0) is 37.8 Å². The lowest BCUT2D eigenvalue weighted by Gasteiger charge is -2.37. The second-order valence-electron chi connectivity index (χ2n) is 5.81. The predicted octanol–water partition coefficient (Wildman–Crippen LogP) is 4.32. The zero-order valence-electron chi connectivity index (χ0n) is 11.4. The van der Waals surface area contributed by atoms with Crippen LogP contribution in [0.2, 0.25) is 0 Å². The van der Waals surface area contributed by atoms with Crippen molar-refractivity contribution in [3.05, 3.63) is 29.3 Å². The van der Waals surface area contributed by atoms with Crippen LogP contribution in [0.15, 0.2) is 24.3 Å². The van der Waals surface area contributed by atoms with E-state index in [4.69, 9.17) is 0 Å². The van der Waals surface area contributed by atoms with E-state index in [0.29, 0.717) is 17.8 Å². The molecule has 1 saturated carbocycles. The molecule has 0 saturated heterocycles. The quantitative estimate of drug-likeness (QED) is 0.895. The van der Waals surface area contributed by atoms with E-state index < -0.39 is 17.7 Å². The van der Waals surface area contributed by atoms with E-state index in [2.05, 4.69) is 4.98 Å². The van der Waals surface area contributed by atoms with Crippen LogP contribution in [0.3, 0.4) is 0 Å². The average molecular weight is 315 g/mol. The standard InChI is InChI=1S/C15H16F3NOS/c16-15(17,18)10-4-3-7-14(20,8-10)9-13-19-11-5-1-2-6-12(11)21-13/h1-2,5-6,10,20H,3-4,7-9H2. The lowest BCUT2D eigenvalue weighted by Crippen LogP contribution is -2.41. The van der Waals surface area contributed by atoms with E-state index in [1.807, 2.05) is 24.3 Å². The van der Waals surface area contributed by atoms with Crippen molar-refractivity contribution in [1.29, 1.82) is 0 Å². The van der Waals surface area contributed by atoms with Crippen LogP contribution in [0.4, 0.5) is 13.2 Å². The minimum absolute atomic E-state index is 0.117. The van der Waals surface area contributed by atoms with Crippen LogP contribution >= 0.6 is 11.3 Å². The first-order chi connectivity index (χ1) is 9.86. The Morgan fingerprint density at radius 3 is 2.81 bits per heavy atom. The van der Waals surface area contributed by atoms with E-state index in [9.17, 15) is 18.3 Å². The molecule has 0 bridgehead atoms. The van der Waals surface area contributed by atoms with Crippen LogP contribution in [0, 0.1) is 5.92 Å². The topological polar surface area (TPSA) is 33.1 Å². The smallest absolute Gasteiger partial charge is 0.389 e. The van der Waals surface area contributed by atoms with Crippen LogP contribution in [-0.2, 0) is 6.42 Å². The van der Waals surface area contributed by atoms with Crippen molar-refractivity contribution < 1.29 is 18.3 Å². The molecular formula is C15H16F3NOS. The van der Waals surface area contributed by atoms with Gasteiger partial charge in [0.2, 0.25) is 0 Å². The van der Waals surface area contributed by atoms with E-state index >= 15 is 0 Å². The lowest BCUT2D eigenvalue weighted by atomic mass is 9.76. The Bertz CT molecular complexity index is 606. The fourth-order valence-electron chi connectivity index (χ4n) is 3.06. The number of thiazole rings is 1. The van der Waals surface area contributed by atoms with Crippen LogP contribution in [0.25, 0.3) is 10.2 Å². The number of hydrogen-bond acceptors (Lipinski definition) is 3. The molecule has 1 N–H and O–H groups in total. The molecule has 0 spiro atoms. The zero-order valence-corrected chi connectivity index (χ0v) is 12.2. The molecule has 21 heavy (non-hydrogen) atoms. The molecule has 2 aromatic rings. The number of hydrogen-bond donors (Lipinski definition) is 1. The van der Waals surface area contributed by atoms with Gasteiger partial charge in [0.15, 0.2) is 0 Å². The van der Waals surface area contributed by atoms with Crippen molar-refractivity contribution in [2.45, 2.75) is 43.9 Å². The lowest BCUT2D eigenvalue weighted by molar-refractivity contribution is -0.200. The third-order valence-electron chi connectivity index (χ3n) is 4.10. The average Bonchev–Trinajstić information content (AvgIpc) is 2.78. The molecule has 1 aromatic heterocycles. The summed E-state index contributed by atoms with van der Waals surface area (Å²) in [7, 11) is 0. The molecule has 2 nitrogen and oxygen atoms in total. The Labute approximate surface area is 124 Å². The van der Waals surface area contributed by atoms with E-state index in [-0.39, 0.29) is 19.3 Å². The van der Waals surface area contributed by atoms with Gasteiger partial charge in [-0.25, -0.2) is 4.98 Å². The second-order valence-corrected chi connectivity index (χ2v) is 6.93. The highest BCUT2D eigenvalue weighted by Gasteiger charge is 2.47. The molecule has 2 unspecified atom stereocenters. The largest absolute Gasteiger partial charge is 0.391 e. The van der Waals surface area contributed by atoms with Gasteiger partial charge in [-0.2, -0.15) is 13.2 Å². The van der Waals surface area contributed by atoms with Crippen LogP contribution in [0.1, 0.15) is 30.7 Å². The summed E-state index contributed by atoms with van der Waals surface area (Å²) in [4.78, 5) is 4.42. The van der Waals surface area contributed by atoms with Crippen molar-refractivity contribution in [2.24, 2.45) is 5.92 Å². The number of halogens is 3. The van der Waals surface area contributed by atoms with Crippen LogP contribution < -0.4 is 0 Å². The molecule has 1 aliphatic rings. The highest BCUT2D eigenvalue weighted by atomic mass is 32.1. The van der Waals surface area contributed by atoms with Crippen molar-refractivity contribution in [1.82, 2.24) is 4.98 Å². The number of aromatic nitrogens is 1. The maximum absolute atomic E-state index is 12.9. The van der Waals surface area contributed by atoms with Gasteiger partial charge in [-0.15, -0.1) is 11.3 Å². The third-order valence-corrected chi connectivity index (χ3v) is 5.14. The number of rotatable bonds is 2. The molecule has 1 aromatic carbocycles. The number of benzene rings is 1. The molecular weight excluding hydrogens is 299 g/mol. The number of alkyl halides is 3. The van der Waals surface area contributed by atoms with E-state index in [1.165, 1.54) is 11.3 Å². The van der Waals surface area contributed by atoms with Gasteiger partial charge in [0, 0.05) is 6.42 Å². The SMILES string of the molecule is OC1(Cc2nc3ccccc3s2)CCCC(C(F)(F)F)C1. The van der Waals surface area contributed by atoms with Crippen molar-refractivity contribution in [3.8, 4) is 0 Å². The number of para-hydroxylation sites is 1. The van der Waals surface area contributed by atoms with Crippen molar-refractivity contribution in [2.75, 3.05) is 0 Å². The Morgan fingerprint density at radius 1 is 1.33 bits per heavy atom. The normalized spacial score (nSPS) is 27.1. The maximum atomic E-state index is 12.9. The van der Waals surface area contributed by atoms with Crippen LogP contribution in [0.5, 0.6) is 0 Å². The fourth-order valence-corrected chi connectivity index (χ4v) is 4.16. The molecule has 0 radical (unpaired) electrons. The molecule has 1 fully saturated rings. The Kier molecular flexibility index (Phi) is 3.69. The first kappa shape index (κ1) is 14.8. The monoisotopic (exact) mass is 315 g/mol. The van der Waals surface area contributed by atoms with Gasteiger partial charge >= 0.3 is 6.18 Å². The van der Waals surface area contributed by atoms with Crippen molar-refractivity contribution in [3.63, 3.8) is 0 Å². The minimum atomic E-state index is -4.22. The Hall–Kier alpha value is -1.14. The van der Waals surface area contributed by atoms with E-state index in [0.717, 1.165) is 10.2 Å². The summed E-state index contributed by atoms with van der Waals surface area (Å²) in [6.45, 7) is 0. The Balaban J connectivity index is 1.79. The summed E-state index contributed by atoms with van der Waals surface area (Å²) in [5.41, 5.74) is -0.448. The van der Waals surface area contributed by atoms with Gasteiger partial charge in [-0.1, -0.05) is 12.1 Å². The molecule has 1 heterocycles. The minimum Gasteiger partial charge on any atom is -0.389 e. The predicted molar refractivity (Wildman–Crippen MR) is 76.3 cm³/mol. The summed E-state index contributed by atoms with van der Waals surface area (Å²) >= 11 is 1.45. The van der Waals surface area contributed by atoms with Gasteiger partial charge in [-0.3, -0.25) is 0 Å². The summed E-state index contributed by atoms with van der Waals surface area (Å²) in [5, 5.41) is 11.3. The molecule has 2 atom stereocenters. The summed E-state index contributed by atoms with van der Waals surface area (Å²) in [5.74, 6) is -1.40. The first-order valence-corrected chi connectivity index (χ1v) is 7.81. The number of aliphatic hydroxyl groups is 1. The highest BCUT2D eigenvalue weighted by molar-refractivity contribution is 7.18. The maximum Gasteiger partial charge on any atom is 0.391 e. The molecule has 6 heteroatoms. The summed E-state index contributed by atoms with van der Waals surface area (Å²) in [6.07, 6.45) is -3.29. The van der Waals surface area contributed by atoms with E-state index in [1.54, 1.807) is 0 Å². The van der Waals surface area contributed by atoms with Gasteiger partial charge in [0.05, 0.1) is 26.7 Å². The zero-order chi connectivity index (χ0) is 15.1. The second kappa shape index (κ2) is 5.25. The first-order valence-electron chi connectivity index (χ1n) is 6.99. The highest BCUT2D eigenvalue weighted by Crippen LogP contribution is 2.43. The molecule has 0 aliphatic heterocycles. The Morgan fingerprint density at radius 2 is 2.10 bits per heavy atom. The molecule has 1 aliphatic carbocycles. The summed E-state index contributed by atoms with van der Waals surface area (Å²) in [6, 6.07) is 7.58. The molecule has 114 valence electrons. The van der Waals surface area contributed by atoms with Gasteiger partial charge in [0.1, 0.15) is 0 Å². The summed E-state index contributed by atoms with van der Waals surface area (Å²) < 4.78 is 39.6. The third kappa shape index (κ3) is 3.21.